The van der Waals surface area contributed by atoms with Crippen molar-refractivity contribution in [2.75, 3.05) is 23.3 Å². The first kappa shape index (κ1) is 21.1. The van der Waals surface area contributed by atoms with Crippen LogP contribution in [0.1, 0.15) is 45.1 Å². The van der Waals surface area contributed by atoms with E-state index >= 15 is 0 Å². The zero-order valence-corrected chi connectivity index (χ0v) is 17.8. The first-order valence-corrected chi connectivity index (χ1v) is 10.3. The van der Waals surface area contributed by atoms with Crippen LogP contribution >= 0.6 is 11.6 Å². The third-order valence-corrected chi connectivity index (χ3v) is 5.50. The molecule has 1 saturated heterocycles. The summed E-state index contributed by atoms with van der Waals surface area (Å²) >= 11 is 5.91. The third kappa shape index (κ3) is 5.07. The highest BCUT2D eigenvalue weighted by Crippen LogP contribution is 2.32. The number of rotatable bonds is 4. The number of pyridine rings is 1. The van der Waals surface area contributed by atoms with Crippen molar-refractivity contribution in [2.24, 2.45) is 0 Å². The molecule has 154 valence electrons. The van der Waals surface area contributed by atoms with Gasteiger partial charge in [0.2, 0.25) is 5.91 Å². The fraction of sp³-hybridized carbons (Fsp3) is 0.409. The minimum absolute atomic E-state index is 0.00204. The lowest BCUT2D eigenvalue weighted by molar-refractivity contribution is -0.129. The molecule has 29 heavy (non-hydrogen) atoms. The van der Waals surface area contributed by atoms with Gasteiger partial charge in [0.25, 0.3) is 0 Å². The quantitative estimate of drug-likeness (QED) is 0.773. The van der Waals surface area contributed by atoms with Gasteiger partial charge < -0.3 is 4.90 Å². The lowest BCUT2D eigenvalue weighted by Gasteiger charge is -2.39. The molecule has 1 aromatic heterocycles. The Balaban J connectivity index is 1.90. The summed E-state index contributed by atoms with van der Waals surface area (Å²) in [6, 6.07) is 11.1. The molecule has 0 spiro atoms. The van der Waals surface area contributed by atoms with Gasteiger partial charge in [-0.3, -0.25) is 15.0 Å². The molecule has 0 saturated carbocycles. The van der Waals surface area contributed by atoms with Gasteiger partial charge in [-0.05, 0) is 42.5 Å². The first-order valence-electron chi connectivity index (χ1n) is 9.93. The van der Waals surface area contributed by atoms with Crippen molar-refractivity contribution < 1.29 is 9.59 Å². The second kappa shape index (κ2) is 9.27. The normalized spacial score (nSPS) is 14.7. The predicted molar refractivity (Wildman–Crippen MR) is 117 cm³/mol. The van der Waals surface area contributed by atoms with Crippen LogP contribution in [0, 0.1) is 0 Å². The van der Waals surface area contributed by atoms with Gasteiger partial charge >= 0.3 is 6.03 Å². The van der Waals surface area contributed by atoms with Gasteiger partial charge in [0.05, 0.1) is 5.02 Å². The number of hydrogen-bond acceptors (Lipinski definition) is 3. The van der Waals surface area contributed by atoms with Gasteiger partial charge in [-0.15, -0.1) is 0 Å². The number of anilines is 2. The number of nitrogens with one attached hydrogen (secondary N) is 1. The maximum Gasteiger partial charge on any atom is 0.327 e. The van der Waals surface area contributed by atoms with E-state index in [0.29, 0.717) is 23.9 Å². The van der Waals surface area contributed by atoms with E-state index in [9.17, 15) is 9.59 Å². The number of hydrogen-bond donors (Lipinski definition) is 1. The molecule has 7 heteroatoms. The number of benzene rings is 1. The summed E-state index contributed by atoms with van der Waals surface area (Å²) in [5.41, 5.74) is 2.01. The molecular formula is C22H27ClN4O2. The van der Waals surface area contributed by atoms with Crippen LogP contribution in [0.3, 0.4) is 0 Å². The number of aromatic nitrogens is 1. The summed E-state index contributed by atoms with van der Waals surface area (Å²) in [5.74, 6) is 0.799. The van der Waals surface area contributed by atoms with Gasteiger partial charge in [0.15, 0.2) is 0 Å². The molecule has 2 heterocycles. The fourth-order valence-corrected chi connectivity index (χ4v) is 3.84. The number of piperidine rings is 1. The highest BCUT2D eigenvalue weighted by atomic mass is 35.5. The Labute approximate surface area is 176 Å². The van der Waals surface area contributed by atoms with E-state index in [2.05, 4.69) is 30.2 Å². The predicted octanol–water partition coefficient (Wildman–Crippen LogP) is 4.91. The summed E-state index contributed by atoms with van der Waals surface area (Å²) in [6.45, 7) is 7.12. The molecule has 1 aromatic carbocycles. The zero-order valence-electron chi connectivity index (χ0n) is 17.1. The standard InChI is InChI=1S/C22H27ClN4O2/c1-15(2)19-6-4-5-7-20(19)27(18-10-12-26(13-11-18)16(3)28)22(29)25-21-9-8-17(23)14-24-21/h4-9,14-15,18H,10-13H2,1-3H3,(H,24,25,29). The fourth-order valence-electron chi connectivity index (χ4n) is 3.73. The van der Waals surface area contributed by atoms with Gasteiger partial charge in [-0.25, -0.2) is 9.78 Å². The molecule has 0 aliphatic carbocycles. The molecule has 0 unspecified atom stereocenters. The Morgan fingerprint density at radius 1 is 1.17 bits per heavy atom. The van der Waals surface area contributed by atoms with Crippen molar-refractivity contribution in [2.45, 2.75) is 45.6 Å². The zero-order chi connectivity index (χ0) is 21.0. The average Bonchev–Trinajstić information content (AvgIpc) is 2.70. The van der Waals surface area contributed by atoms with Crippen LogP contribution in [0.25, 0.3) is 0 Å². The van der Waals surface area contributed by atoms with Crippen LogP contribution in [0.15, 0.2) is 42.6 Å². The Hall–Kier alpha value is -2.60. The second-order valence-corrected chi connectivity index (χ2v) is 8.05. The van der Waals surface area contributed by atoms with E-state index in [1.54, 1.807) is 19.1 Å². The van der Waals surface area contributed by atoms with Crippen molar-refractivity contribution in [3.05, 3.63) is 53.2 Å². The monoisotopic (exact) mass is 414 g/mol. The van der Waals surface area contributed by atoms with Crippen LogP contribution in [-0.2, 0) is 4.79 Å². The highest BCUT2D eigenvalue weighted by molar-refractivity contribution is 6.30. The van der Waals surface area contributed by atoms with Crippen LogP contribution in [0.5, 0.6) is 0 Å². The van der Waals surface area contributed by atoms with Crippen LogP contribution in [0.4, 0.5) is 16.3 Å². The molecule has 1 fully saturated rings. The molecule has 3 rings (SSSR count). The van der Waals surface area contributed by atoms with E-state index < -0.39 is 0 Å². The van der Waals surface area contributed by atoms with Crippen LogP contribution in [0.2, 0.25) is 5.02 Å². The van der Waals surface area contributed by atoms with Gasteiger partial charge in [-0.1, -0.05) is 43.6 Å². The van der Waals surface area contributed by atoms with Gasteiger partial charge in [-0.2, -0.15) is 0 Å². The van der Waals surface area contributed by atoms with E-state index in [1.807, 2.05) is 28.0 Å². The minimum Gasteiger partial charge on any atom is -0.343 e. The maximum atomic E-state index is 13.3. The van der Waals surface area contributed by atoms with E-state index in [-0.39, 0.29) is 23.9 Å². The molecule has 0 atom stereocenters. The number of likely N-dealkylation sites (tertiary alicyclic amines) is 1. The van der Waals surface area contributed by atoms with Crippen molar-refractivity contribution in [1.82, 2.24) is 9.88 Å². The van der Waals surface area contributed by atoms with Crippen LogP contribution in [-0.4, -0.2) is 41.0 Å². The highest BCUT2D eigenvalue weighted by Gasteiger charge is 2.31. The van der Waals surface area contributed by atoms with Crippen LogP contribution < -0.4 is 10.2 Å². The SMILES string of the molecule is CC(=O)N1CCC(N(C(=O)Nc2ccc(Cl)cn2)c2ccccc2C(C)C)CC1. The molecule has 6 nitrogen and oxygen atoms in total. The largest absolute Gasteiger partial charge is 0.343 e. The topological polar surface area (TPSA) is 65.5 Å². The van der Waals surface area contributed by atoms with E-state index in [4.69, 9.17) is 11.6 Å². The first-order chi connectivity index (χ1) is 13.9. The Kier molecular flexibility index (Phi) is 6.75. The number of carbonyl (C=O) groups excluding carboxylic acids is 2. The second-order valence-electron chi connectivity index (χ2n) is 7.61. The lowest BCUT2D eigenvalue weighted by Crippen LogP contribution is -2.50. The Morgan fingerprint density at radius 3 is 2.45 bits per heavy atom. The summed E-state index contributed by atoms with van der Waals surface area (Å²) in [7, 11) is 0. The van der Waals surface area contributed by atoms with Crippen molar-refractivity contribution >= 4 is 35.0 Å². The van der Waals surface area contributed by atoms with Crippen molar-refractivity contribution in [3.8, 4) is 0 Å². The molecule has 0 bridgehead atoms. The van der Waals surface area contributed by atoms with E-state index in [1.165, 1.54) is 6.20 Å². The van der Waals surface area contributed by atoms with Crippen molar-refractivity contribution in [3.63, 3.8) is 0 Å². The number of amides is 3. The summed E-state index contributed by atoms with van der Waals surface area (Å²) in [6.07, 6.45) is 2.97. The lowest BCUT2D eigenvalue weighted by atomic mass is 9.97. The molecule has 2 aromatic rings. The summed E-state index contributed by atoms with van der Waals surface area (Å²) in [5, 5.41) is 3.42. The van der Waals surface area contributed by atoms with Crippen molar-refractivity contribution in [1.29, 1.82) is 0 Å². The molecule has 0 radical (unpaired) electrons. The van der Waals surface area contributed by atoms with Gasteiger partial charge in [0.1, 0.15) is 5.82 Å². The summed E-state index contributed by atoms with van der Waals surface area (Å²) < 4.78 is 0. The summed E-state index contributed by atoms with van der Waals surface area (Å²) in [4.78, 5) is 32.9. The maximum absolute atomic E-state index is 13.3. The number of urea groups is 1. The average molecular weight is 415 g/mol. The smallest absolute Gasteiger partial charge is 0.327 e. The number of carbonyl (C=O) groups is 2. The Bertz CT molecular complexity index is 861. The number of para-hydroxylation sites is 1. The molecule has 1 N–H and O–H groups in total. The minimum atomic E-state index is -0.228. The Morgan fingerprint density at radius 2 is 1.86 bits per heavy atom. The number of halogens is 1. The molecule has 1 aliphatic heterocycles. The third-order valence-electron chi connectivity index (χ3n) is 5.27. The molecule has 3 amide bonds. The van der Waals surface area contributed by atoms with E-state index in [0.717, 1.165) is 24.1 Å². The molecular weight excluding hydrogens is 388 g/mol. The van der Waals surface area contributed by atoms with Gasteiger partial charge in [0, 0.05) is 37.9 Å². The molecule has 1 aliphatic rings. The number of nitrogens with zero attached hydrogens (tertiary/aromatic N) is 3.